The van der Waals surface area contributed by atoms with Crippen LogP contribution in [0.25, 0.3) is 21.7 Å². The molecule has 0 saturated carbocycles. The summed E-state index contributed by atoms with van der Waals surface area (Å²) in [4.78, 5) is 12.1. The zero-order valence-corrected chi connectivity index (χ0v) is 16.1. The van der Waals surface area contributed by atoms with Crippen LogP contribution < -0.4 is 5.49 Å². The van der Waals surface area contributed by atoms with E-state index < -0.39 is 11.7 Å². The van der Waals surface area contributed by atoms with E-state index in [1.807, 2.05) is 0 Å². The first kappa shape index (κ1) is 20.0. The first-order chi connectivity index (χ1) is 14.8. The SMILES string of the molecule is [C-]#[N+]c1ccc(-n2c(C)nc3c(=N)n(/N=C/c4ccc(C(F)(F)F)cc4)cnc32)cc1. The molecule has 0 radical (unpaired) electrons. The number of alkyl halides is 3. The Balaban J connectivity index is 1.69. The van der Waals surface area contributed by atoms with Crippen LogP contribution in [-0.2, 0) is 6.18 Å². The van der Waals surface area contributed by atoms with Crippen molar-refractivity contribution in [1.29, 1.82) is 5.41 Å². The fourth-order valence-corrected chi connectivity index (χ4v) is 3.03. The zero-order valence-electron chi connectivity index (χ0n) is 16.1. The first-order valence-corrected chi connectivity index (χ1v) is 8.99. The molecule has 0 bridgehead atoms. The fourth-order valence-electron chi connectivity index (χ4n) is 3.03. The molecule has 7 nitrogen and oxygen atoms in total. The summed E-state index contributed by atoms with van der Waals surface area (Å²) in [5.74, 6) is 0.607. The fraction of sp³-hybridized carbons (Fsp3) is 0.0952. The molecule has 0 unspecified atom stereocenters. The van der Waals surface area contributed by atoms with Crippen LogP contribution >= 0.6 is 0 Å². The lowest BCUT2D eigenvalue weighted by Gasteiger charge is -2.07. The average molecular weight is 421 g/mol. The van der Waals surface area contributed by atoms with Crippen molar-refractivity contribution >= 4 is 23.1 Å². The molecule has 0 amide bonds. The molecule has 0 atom stereocenters. The predicted molar refractivity (Wildman–Crippen MR) is 108 cm³/mol. The monoisotopic (exact) mass is 421 g/mol. The maximum atomic E-state index is 12.7. The van der Waals surface area contributed by atoms with E-state index in [4.69, 9.17) is 12.0 Å². The minimum absolute atomic E-state index is 0.0206. The van der Waals surface area contributed by atoms with Crippen molar-refractivity contribution in [2.75, 3.05) is 0 Å². The molecule has 0 fully saturated rings. The van der Waals surface area contributed by atoms with Gasteiger partial charge < -0.3 is 0 Å². The van der Waals surface area contributed by atoms with Crippen LogP contribution in [0.3, 0.4) is 0 Å². The highest BCUT2D eigenvalue weighted by molar-refractivity contribution is 5.79. The number of fused-ring (bicyclic) bond motifs is 1. The Morgan fingerprint density at radius 2 is 1.77 bits per heavy atom. The largest absolute Gasteiger partial charge is 0.416 e. The Labute approximate surface area is 174 Å². The van der Waals surface area contributed by atoms with Crippen LogP contribution in [-0.4, -0.2) is 25.4 Å². The lowest BCUT2D eigenvalue weighted by atomic mass is 10.1. The summed E-state index contributed by atoms with van der Waals surface area (Å²) in [7, 11) is 0. The van der Waals surface area contributed by atoms with Crippen LogP contribution in [0.5, 0.6) is 0 Å². The lowest BCUT2D eigenvalue weighted by molar-refractivity contribution is -0.137. The van der Waals surface area contributed by atoms with E-state index in [9.17, 15) is 13.2 Å². The molecule has 4 aromatic rings. The summed E-state index contributed by atoms with van der Waals surface area (Å²) in [6.07, 6.45) is -1.71. The van der Waals surface area contributed by atoms with Gasteiger partial charge in [0.1, 0.15) is 12.2 Å². The second-order valence-corrected chi connectivity index (χ2v) is 6.60. The van der Waals surface area contributed by atoms with Gasteiger partial charge in [-0.05, 0) is 36.8 Å². The number of nitrogens with one attached hydrogen (secondary N) is 1. The van der Waals surface area contributed by atoms with Gasteiger partial charge >= 0.3 is 6.18 Å². The molecule has 2 aromatic heterocycles. The van der Waals surface area contributed by atoms with Crippen LogP contribution in [0.15, 0.2) is 60.0 Å². The molecule has 0 aliphatic carbocycles. The van der Waals surface area contributed by atoms with Gasteiger partial charge in [-0.25, -0.2) is 19.5 Å². The second-order valence-electron chi connectivity index (χ2n) is 6.60. The van der Waals surface area contributed by atoms with Gasteiger partial charge in [0.05, 0.1) is 18.4 Å². The van der Waals surface area contributed by atoms with E-state index in [0.29, 0.717) is 28.2 Å². The van der Waals surface area contributed by atoms with Crippen LogP contribution in [0.2, 0.25) is 0 Å². The molecule has 10 heteroatoms. The van der Waals surface area contributed by atoms with Crippen molar-refractivity contribution in [2.45, 2.75) is 13.1 Å². The Morgan fingerprint density at radius 3 is 2.39 bits per heavy atom. The van der Waals surface area contributed by atoms with Gasteiger partial charge in [0, 0.05) is 5.69 Å². The third-order valence-electron chi connectivity index (χ3n) is 4.57. The van der Waals surface area contributed by atoms with E-state index >= 15 is 0 Å². The number of hydrogen-bond acceptors (Lipinski definition) is 4. The lowest BCUT2D eigenvalue weighted by Crippen LogP contribution is -2.18. The van der Waals surface area contributed by atoms with Crippen molar-refractivity contribution in [2.24, 2.45) is 5.10 Å². The van der Waals surface area contributed by atoms with Crippen LogP contribution in [0.4, 0.5) is 18.9 Å². The summed E-state index contributed by atoms with van der Waals surface area (Å²) < 4.78 is 41.0. The highest BCUT2D eigenvalue weighted by Crippen LogP contribution is 2.28. The Kier molecular flexibility index (Phi) is 4.87. The predicted octanol–water partition coefficient (Wildman–Crippen LogP) is 4.46. The summed E-state index contributed by atoms with van der Waals surface area (Å²) >= 11 is 0. The molecule has 0 aliphatic heterocycles. The number of nitrogens with zero attached hydrogens (tertiary/aromatic N) is 6. The maximum Gasteiger partial charge on any atom is 0.416 e. The summed E-state index contributed by atoms with van der Waals surface area (Å²) in [6, 6.07) is 11.5. The highest BCUT2D eigenvalue weighted by Gasteiger charge is 2.29. The number of rotatable bonds is 3. The summed E-state index contributed by atoms with van der Waals surface area (Å²) in [6.45, 7) is 8.83. The van der Waals surface area contributed by atoms with Gasteiger partial charge in [0.25, 0.3) is 0 Å². The minimum Gasteiger partial charge on any atom is -0.281 e. The van der Waals surface area contributed by atoms with E-state index in [0.717, 1.165) is 17.8 Å². The zero-order chi connectivity index (χ0) is 22.2. The van der Waals surface area contributed by atoms with Crippen molar-refractivity contribution in [1.82, 2.24) is 19.2 Å². The minimum atomic E-state index is -4.40. The van der Waals surface area contributed by atoms with E-state index in [1.54, 1.807) is 35.8 Å². The van der Waals surface area contributed by atoms with E-state index in [1.165, 1.54) is 29.4 Å². The van der Waals surface area contributed by atoms with E-state index in [2.05, 4.69) is 19.9 Å². The van der Waals surface area contributed by atoms with Gasteiger partial charge in [0.15, 0.2) is 22.3 Å². The van der Waals surface area contributed by atoms with Gasteiger partial charge in [-0.15, -0.1) is 0 Å². The molecule has 154 valence electrons. The van der Waals surface area contributed by atoms with Gasteiger partial charge in [-0.2, -0.15) is 18.3 Å². The smallest absolute Gasteiger partial charge is 0.281 e. The molecule has 0 spiro atoms. The Hall–Kier alpha value is -4.26. The van der Waals surface area contributed by atoms with Crippen LogP contribution in [0, 0.1) is 18.9 Å². The van der Waals surface area contributed by atoms with Crippen molar-refractivity contribution in [3.05, 3.63) is 88.7 Å². The van der Waals surface area contributed by atoms with Crippen molar-refractivity contribution in [3.63, 3.8) is 0 Å². The van der Waals surface area contributed by atoms with Gasteiger partial charge in [-0.1, -0.05) is 24.3 Å². The third-order valence-corrected chi connectivity index (χ3v) is 4.57. The highest BCUT2D eigenvalue weighted by atomic mass is 19.4. The normalized spacial score (nSPS) is 11.8. The van der Waals surface area contributed by atoms with Gasteiger partial charge in [-0.3, -0.25) is 9.98 Å². The number of aromatic nitrogens is 4. The molecule has 31 heavy (non-hydrogen) atoms. The molecule has 4 rings (SSSR count). The number of hydrogen-bond donors (Lipinski definition) is 1. The molecular formula is C21H14F3N7. The van der Waals surface area contributed by atoms with Gasteiger partial charge in [0.2, 0.25) is 0 Å². The summed E-state index contributed by atoms with van der Waals surface area (Å²) in [5, 5.41) is 12.5. The number of imidazole rings is 1. The molecule has 2 aromatic carbocycles. The molecule has 1 N–H and O–H groups in total. The molecular weight excluding hydrogens is 407 g/mol. The van der Waals surface area contributed by atoms with Crippen molar-refractivity contribution in [3.8, 4) is 5.69 Å². The molecule has 0 saturated heterocycles. The molecule has 2 heterocycles. The summed E-state index contributed by atoms with van der Waals surface area (Å²) in [5.41, 5.74) is 1.72. The Morgan fingerprint density at radius 1 is 1.10 bits per heavy atom. The topological polar surface area (TPSA) is 76.2 Å². The standard InChI is InChI=1S/C21H14F3N7/c1-13-29-18-19(25)30(28-11-14-3-5-15(6-4-14)21(22,23)24)12-27-20(18)31(13)17-9-7-16(26-2)8-10-17/h3-12,25H,1H3/b25-19?,28-11+. The number of halogens is 3. The molecule has 0 aliphatic rings. The quantitative estimate of drug-likeness (QED) is 0.392. The van der Waals surface area contributed by atoms with E-state index in [-0.39, 0.29) is 5.49 Å². The Bertz CT molecular complexity index is 1390. The third kappa shape index (κ3) is 3.81. The second kappa shape index (κ2) is 7.53. The number of benzene rings is 2. The number of aryl methyl sites for hydroxylation is 1. The average Bonchev–Trinajstić information content (AvgIpc) is 3.10. The maximum absolute atomic E-state index is 12.7. The van der Waals surface area contributed by atoms with Crippen molar-refractivity contribution < 1.29 is 13.2 Å². The van der Waals surface area contributed by atoms with Crippen LogP contribution in [0.1, 0.15) is 17.0 Å². The first-order valence-electron chi connectivity index (χ1n) is 8.99.